The lowest BCUT2D eigenvalue weighted by Crippen LogP contribution is -2.49. The number of benzene rings is 1. The molecule has 4 saturated carbocycles. The molecule has 5 heteroatoms. The molecular weight excluding hydrogens is 336 g/mol. The van der Waals surface area contributed by atoms with Crippen molar-refractivity contribution in [2.45, 2.75) is 45.4 Å². The quantitative estimate of drug-likeness (QED) is 0.626. The molecule has 1 aromatic rings. The summed E-state index contributed by atoms with van der Waals surface area (Å²) in [4.78, 5) is 12.6. The molecule has 0 heterocycles. The van der Waals surface area contributed by atoms with Gasteiger partial charge in [-0.05, 0) is 81.4 Å². The van der Waals surface area contributed by atoms with Crippen LogP contribution in [0.3, 0.4) is 0 Å². The number of hydrazone groups is 1. The number of nitrogens with zero attached hydrogens (tertiary/aromatic N) is 1. The fourth-order valence-corrected chi connectivity index (χ4v) is 5.90. The highest BCUT2D eigenvalue weighted by Gasteiger charge is 2.52. The van der Waals surface area contributed by atoms with Crippen molar-refractivity contribution in [1.29, 1.82) is 0 Å². The molecule has 5 rings (SSSR count). The summed E-state index contributed by atoms with van der Waals surface area (Å²) in [6.45, 7) is 2.09. The van der Waals surface area contributed by atoms with Crippen LogP contribution in [0.25, 0.3) is 0 Å². The minimum Gasteiger partial charge on any atom is -0.496 e. The molecule has 0 aliphatic heterocycles. The number of hydrogen-bond donors (Lipinski definition) is 1. The maximum atomic E-state index is 12.6. The predicted molar refractivity (Wildman–Crippen MR) is 99.2 cm³/mol. The summed E-state index contributed by atoms with van der Waals surface area (Å²) in [5, 5.41) is 5.02. The number of ether oxygens (including phenoxy) is 1. The van der Waals surface area contributed by atoms with E-state index in [9.17, 15) is 4.79 Å². The zero-order chi connectivity index (χ0) is 17.6. The summed E-state index contributed by atoms with van der Waals surface area (Å²) in [7, 11) is 1.55. The molecule has 4 aliphatic carbocycles. The van der Waals surface area contributed by atoms with E-state index in [1.165, 1.54) is 38.5 Å². The van der Waals surface area contributed by atoms with Gasteiger partial charge in [-0.3, -0.25) is 4.79 Å². The summed E-state index contributed by atoms with van der Waals surface area (Å²) in [6, 6.07) is 5.03. The van der Waals surface area contributed by atoms with E-state index in [-0.39, 0.29) is 11.3 Å². The lowest BCUT2D eigenvalue weighted by molar-refractivity contribution is -0.0128. The smallest absolute Gasteiger partial charge is 0.275 e. The number of amides is 1. The van der Waals surface area contributed by atoms with Gasteiger partial charge in [-0.25, -0.2) is 5.43 Å². The SMILES string of the molecule is COc1ccc(Cl)cc1C(=O)N/N=C(\C)C12CC3CC(CC(C3)C1)C2. The van der Waals surface area contributed by atoms with Gasteiger partial charge in [0.05, 0.1) is 12.7 Å². The van der Waals surface area contributed by atoms with Crippen LogP contribution in [-0.2, 0) is 0 Å². The molecule has 0 unspecified atom stereocenters. The monoisotopic (exact) mass is 360 g/mol. The Balaban J connectivity index is 1.52. The molecule has 0 radical (unpaired) electrons. The summed E-state index contributed by atoms with van der Waals surface area (Å²) in [5.74, 6) is 2.81. The van der Waals surface area contributed by atoms with Crippen molar-refractivity contribution in [3.05, 3.63) is 28.8 Å². The molecule has 4 aliphatic rings. The van der Waals surface area contributed by atoms with E-state index in [1.807, 2.05) is 0 Å². The van der Waals surface area contributed by atoms with Gasteiger partial charge in [0.2, 0.25) is 0 Å². The summed E-state index contributed by atoms with van der Waals surface area (Å²) < 4.78 is 5.26. The van der Waals surface area contributed by atoms with Crippen LogP contribution in [0.15, 0.2) is 23.3 Å². The van der Waals surface area contributed by atoms with Gasteiger partial charge in [0.25, 0.3) is 5.91 Å². The Labute approximate surface area is 154 Å². The molecule has 1 amide bonds. The molecule has 1 N–H and O–H groups in total. The lowest BCUT2D eigenvalue weighted by atomic mass is 9.48. The van der Waals surface area contributed by atoms with E-state index in [1.54, 1.807) is 25.3 Å². The van der Waals surface area contributed by atoms with Crippen LogP contribution in [0.5, 0.6) is 5.75 Å². The average molecular weight is 361 g/mol. The van der Waals surface area contributed by atoms with Gasteiger partial charge in [0.1, 0.15) is 5.75 Å². The fourth-order valence-electron chi connectivity index (χ4n) is 5.72. The Bertz CT molecular complexity index is 693. The molecule has 134 valence electrons. The summed E-state index contributed by atoms with van der Waals surface area (Å²) in [5.41, 5.74) is 4.44. The molecule has 0 aromatic heterocycles. The van der Waals surface area contributed by atoms with Crippen LogP contribution in [0, 0.1) is 23.2 Å². The molecule has 0 atom stereocenters. The molecule has 0 spiro atoms. The molecular formula is C20H25ClN2O2. The van der Waals surface area contributed by atoms with Crippen molar-refractivity contribution >= 4 is 23.2 Å². The Morgan fingerprint density at radius 3 is 2.36 bits per heavy atom. The second-order valence-corrected chi connectivity index (χ2v) is 8.62. The van der Waals surface area contributed by atoms with Crippen LogP contribution in [0.2, 0.25) is 5.02 Å². The third-order valence-corrected chi connectivity index (χ3v) is 6.77. The number of nitrogens with one attached hydrogen (secondary N) is 1. The van der Waals surface area contributed by atoms with E-state index in [4.69, 9.17) is 16.3 Å². The highest BCUT2D eigenvalue weighted by atomic mass is 35.5. The van der Waals surface area contributed by atoms with Crippen LogP contribution >= 0.6 is 11.6 Å². The first-order valence-electron chi connectivity index (χ1n) is 9.18. The fraction of sp³-hybridized carbons (Fsp3) is 0.600. The normalized spacial score (nSPS) is 33.4. The van der Waals surface area contributed by atoms with Crippen molar-refractivity contribution < 1.29 is 9.53 Å². The van der Waals surface area contributed by atoms with Crippen LogP contribution in [-0.4, -0.2) is 18.7 Å². The van der Waals surface area contributed by atoms with Gasteiger partial charge < -0.3 is 4.74 Å². The number of halogens is 1. The van der Waals surface area contributed by atoms with Crippen molar-refractivity contribution in [3.8, 4) is 5.75 Å². The lowest BCUT2D eigenvalue weighted by Gasteiger charge is -2.56. The van der Waals surface area contributed by atoms with Crippen LogP contribution < -0.4 is 10.2 Å². The molecule has 1 aromatic carbocycles. The second-order valence-electron chi connectivity index (χ2n) is 8.18. The Hall–Kier alpha value is -1.55. The summed E-state index contributed by atoms with van der Waals surface area (Å²) in [6.07, 6.45) is 7.93. The van der Waals surface area contributed by atoms with E-state index in [2.05, 4.69) is 17.5 Å². The van der Waals surface area contributed by atoms with Crippen molar-refractivity contribution in [1.82, 2.24) is 5.43 Å². The molecule has 4 nitrogen and oxygen atoms in total. The largest absolute Gasteiger partial charge is 0.496 e. The molecule has 4 bridgehead atoms. The highest BCUT2D eigenvalue weighted by Crippen LogP contribution is 2.60. The zero-order valence-corrected chi connectivity index (χ0v) is 15.6. The first kappa shape index (κ1) is 16.9. The van der Waals surface area contributed by atoms with E-state index >= 15 is 0 Å². The van der Waals surface area contributed by atoms with E-state index in [0.717, 1.165) is 23.5 Å². The Kier molecular flexibility index (Phi) is 4.27. The van der Waals surface area contributed by atoms with Crippen molar-refractivity contribution in [2.24, 2.45) is 28.3 Å². The van der Waals surface area contributed by atoms with E-state index in [0.29, 0.717) is 16.3 Å². The highest BCUT2D eigenvalue weighted by molar-refractivity contribution is 6.31. The number of hydrogen-bond acceptors (Lipinski definition) is 3. The Morgan fingerprint density at radius 2 is 1.80 bits per heavy atom. The van der Waals surface area contributed by atoms with Gasteiger partial charge in [-0.2, -0.15) is 5.10 Å². The molecule has 25 heavy (non-hydrogen) atoms. The van der Waals surface area contributed by atoms with Crippen LogP contribution in [0.1, 0.15) is 55.8 Å². The minimum absolute atomic E-state index is 0.209. The summed E-state index contributed by atoms with van der Waals surface area (Å²) >= 11 is 6.02. The third kappa shape index (κ3) is 3.05. The van der Waals surface area contributed by atoms with Gasteiger partial charge in [-0.1, -0.05) is 11.6 Å². The van der Waals surface area contributed by atoms with Gasteiger partial charge in [0.15, 0.2) is 0 Å². The number of carbonyl (C=O) groups is 1. The predicted octanol–water partition coefficient (Wildman–Crippen LogP) is 4.67. The first-order chi connectivity index (χ1) is 12.0. The maximum absolute atomic E-state index is 12.6. The van der Waals surface area contributed by atoms with Gasteiger partial charge in [0, 0.05) is 16.1 Å². The molecule has 0 saturated heterocycles. The van der Waals surface area contributed by atoms with Crippen LogP contribution in [0.4, 0.5) is 0 Å². The van der Waals surface area contributed by atoms with Gasteiger partial charge >= 0.3 is 0 Å². The van der Waals surface area contributed by atoms with Crippen molar-refractivity contribution in [3.63, 3.8) is 0 Å². The standard InChI is InChI=1S/C20H25ClN2O2/c1-12(20-9-13-5-14(10-20)7-15(6-13)11-20)22-23-19(24)17-8-16(21)3-4-18(17)25-2/h3-4,8,13-15H,5-7,9-11H2,1-2H3,(H,23,24)/b22-12+. The van der Waals surface area contributed by atoms with E-state index < -0.39 is 0 Å². The number of rotatable bonds is 4. The third-order valence-electron chi connectivity index (χ3n) is 6.54. The maximum Gasteiger partial charge on any atom is 0.275 e. The Morgan fingerprint density at radius 1 is 1.20 bits per heavy atom. The van der Waals surface area contributed by atoms with Crippen molar-refractivity contribution in [2.75, 3.05) is 7.11 Å². The number of methoxy groups -OCH3 is 1. The topological polar surface area (TPSA) is 50.7 Å². The number of carbonyl (C=O) groups excluding carboxylic acids is 1. The first-order valence-corrected chi connectivity index (χ1v) is 9.55. The average Bonchev–Trinajstić information content (AvgIpc) is 2.58. The second kappa shape index (κ2) is 6.31. The van der Waals surface area contributed by atoms with Gasteiger partial charge in [-0.15, -0.1) is 0 Å². The zero-order valence-electron chi connectivity index (χ0n) is 14.8. The minimum atomic E-state index is -0.275. The molecule has 4 fully saturated rings.